The lowest BCUT2D eigenvalue weighted by Crippen LogP contribution is -2.15. The van der Waals surface area contributed by atoms with Crippen LogP contribution in [0.3, 0.4) is 0 Å². The molecule has 1 N–H and O–H groups in total. The maximum atomic E-state index is 12.9. The molecule has 0 atom stereocenters. The van der Waals surface area contributed by atoms with Crippen molar-refractivity contribution in [1.82, 2.24) is 24.6 Å². The number of rotatable bonds is 5. The zero-order valence-electron chi connectivity index (χ0n) is 17.6. The minimum atomic E-state index is -0.198. The Kier molecular flexibility index (Phi) is 4.99. The third kappa shape index (κ3) is 3.20. The molecule has 30 heavy (non-hydrogen) atoms. The van der Waals surface area contributed by atoms with E-state index in [0.717, 1.165) is 28.1 Å². The number of nitrogens with one attached hydrogen (secondary N) is 1. The second-order valence-electron chi connectivity index (χ2n) is 6.94. The number of aryl methyl sites for hydroxylation is 3. The van der Waals surface area contributed by atoms with Crippen LogP contribution >= 0.6 is 0 Å². The van der Waals surface area contributed by atoms with E-state index in [9.17, 15) is 4.79 Å². The second kappa shape index (κ2) is 7.62. The Balaban J connectivity index is 2.00. The number of H-pyrrole nitrogens is 1. The van der Waals surface area contributed by atoms with Gasteiger partial charge in [0.15, 0.2) is 17.1 Å². The number of benzene rings is 1. The van der Waals surface area contributed by atoms with Crippen molar-refractivity contribution in [2.24, 2.45) is 0 Å². The Bertz CT molecular complexity index is 1310. The molecule has 0 amide bonds. The highest BCUT2D eigenvalue weighted by Gasteiger charge is 2.19. The van der Waals surface area contributed by atoms with Gasteiger partial charge in [0.25, 0.3) is 5.56 Å². The maximum absolute atomic E-state index is 12.9. The van der Waals surface area contributed by atoms with Gasteiger partial charge in [0.2, 0.25) is 0 Å². The Morgan fingerprint density at radius 1 is 1.07 bits per heavy atom. The molecule has 8 heteroatoms. The number of fused-ring (bicyclic) bond motifs is 1. The fourth-order valence-corrected chi connectivity index (χ4v) is 3.61. The van der Waals surface area contributed by atoms with E-state index in [0.29, 0.717) is 35.1 Å². The molecule has 4 rings (SSSR count). The van der Waals surface area contributed by atoms with Crippen LogP contribution in [0.4, 0.5) is 0 Å². The van der Waals surface area contributed by atoms with Crippen molar-refractivity contribution >= 4 is 5.65 Å². The second-order valence-corrected chi connectivity index (χ2v) is 6.94. The summed E-state index contributed by atoms with van der Waals surface area (Å²) < 4.78 is 12.3. The average molecular weight is 405 g/mol. The quantitative estimate of drug-likeness (QED) is 0.547. The van der Waals surface area contributed by atoms with E-state index in [1.165, 1.54) is 10.6 Å². The van der Waals surface area contributed by atoms with Gasteiger partial charge in [0.1, 0.15) is 5.82 Å². The first-order valence-electron chi connectivity index (χ1n) is 9.64. The standard InChI is InChI=1S/C22H23N5O3/c1-6-16-21(14-7-8-18(29-4)19(9-14)30-5)22-25-17(10-20(28)27(22)26-16)15-11-23-13(3)24-12(15)2/h7-11,26H,6H2,1-5H3. The van der Waals surface area contributed by atoms with Gasteiger partial charge < -0.3 is 9.47 Å². The summed E-state index contributed by atoms with van der Waals surface area (Å²) in [4.78, 5) is 26.4. The number of ether oxygens (including phenoxy) is 2. The molecule has 0 aliphatic carbocycles. The van der Waals surface area contributed by atoms with Crippen LogP contribution in [0.15, 0.2) is 35.3 Å². The third-order valence-corrected chi connectivity index (χ3v) is 5.09. The molecular formula is C22H23N5O3. The van der Waals surface area contributed by atoms with Crippen LogP contribution in [0.2, 0.25) is 0 Å². The molecule has 0 fully saturated rings. The summed E-state index contributed by atoms with van der Waals surface area (Å²) in [7, 11) is 3.19. The van der Waals surface area contributed by atoms with Gasteiger partial charge in [0.05, 0.1) is 25.6 Å². The molecule has 0 spiro atoms. The predicted molar refractivity (Wildman–Crippen MR) is 114 cm³/mol. The van der Waals surface area contributed by atoms with E-state index in [2.05, 4.69) is 15.1 Å². The van der Waals surface area contributed by atoms with Crippen molar-refractivity contribution in [1.29, 1.82) is 0 Å². The topological polar surface area (TPSA) is 94.4 Å². The van der Waals surface area contributed by atoms with Crippen LogP contribution in [0, 0.1) is 13.8 Å². The Labute approximate surface area is 173 Å². The first kappa shape index (κ1) is 19.6. The fourth-order valence-electron chi connectivity index (χ4n) is 3.61. The molecule has 0 aliphatic rings. The maximum Gasteiger partial charge on any atom is 0.273 e. The molecule has 1 aromatic carbocycles. The van der Waals surface area contributed by atoms with Crippen molar-refractivity contribution in [3.63, 3.8) is 0 Å². The largest absolute Gasteiger partial charge is 0.493 e. The summed E-state index contributed by atoms with van der Waals surface area (Å²) in [5.74, 6) is 1.92. The monoisotopic (exact) mass is 405 g/mol. The SMILES string of the molecule is CCc1[nH]n2c(=O)cc(-c3cnc(C)nc3C)nc2c1-c1ccc(OC)c(OC)c1. The molecule has 154 valence electrons. The summed E-state index contributed by atoms with van der Waals surface area (Å²) in [5, 5.41) is 3.19. The number of aromatic amines is 1. The zero-order valence-corrected chi connectivity index (χ0v) is 17.6. The summed E-state index contributed by atoms with van der Waals surface area (Å²) >= 11 is 0. The van der Waals surface area contributed by atoms with Crippen LogP contribution in [0.25, 0.3) is 28.0 Å². The highest BCUT2D eigenvalue weighted by Crippen LogP contribution is 2.35. The molecule has 0 saturated carbocycles. The van der Waals surface area contributed by atoms with E-state index < -0.39 is 0 Å². The van der Waals surface area contributed by atoms with Crippen molar-refractivity contribution in [2.75, 3.05) is 14.2 Å². The molecule has 3 aromatic heterocycles. The van der Waals surface area contributed by atoms with Crippen LogP contribution in [-0.2, 0) is 6.42 Å². The fraction of sp³-hybridized carbons (Fsp3) is 0.273. The molecule has 0 radical (unpaired) electrons. The lowest BCUT2D eigenvalue weighted by atomic mass is 10.0. The number of nitrogens with zero attached hydrogens (tertiary/aromatic N) is 4. The molecular weight excluding hydrogens is 382 g/mol. The molecule has 8 nitrogen and oxygen atoms in total. The first-order valence-corrected chi connectivity index (χ1v) is 9.64. The minimum Gasteiger partial charge on any atom is -0.493 e. The van der Waals surface area contributed by atoms with Gasteiger partial charge in [-0.1, -0.05) is 13.0 Å². The molecule has 0 bridgehead atoms. The highest BCUT2D eigenvalue weighted by molar-refractivity contribution is 5.82. The average Bonchev–Trinajstić information content (AvgIpc) is 3.12. The van der Waals surface area contributed by atoms with E-state index in [-0.39, 0.29) is 5.56 Å². The predicted octanol–water partition coefficient (Wildman–Crippen LogP) is 3.34. The number of hydrogen-bond donors (Lipinski definition) is 1. The van der Waals surface area contributed by atoms with Crippen molar-refractivity contribution in [3.05, 3.63) is 58.0 Å². The highest BCUT2D eigenvalue weighted by atomic mass is 16.5. The Morgan fingerprint density at radius 2 is 1.83 bits per heavy atom. The number of hydrogen-bond acceptors (Lipinski definition) is 6. The molecule has 3 heterocycles. The van der Waals surface area contributed by atoms with Gasteiger partial charge >= 0.3 is 0 Å². The van der Waals surface area contributed by atoms with Crippen molar-refractivity contribution in [3.8, 4) is 33.9 Å². The third-order valence-electron chi connectivity index (χ3n) is 5.09. The van der Waals surface area contributed by atoms with E-state index in [1.54, 1.807) is 20.4 Å². The van der Waals surface area contributed by atoms with E-state index >= 15 is 0 Å². The number of aromatic nitrogens is 5. The van der Waals surface area contributed by atoms with Gasteiger partial charge in [-0.3, -0.25) is 9.89 Å². The molecule has 0 unspecified atom stereocenters. The van der Waals surface area contributed by atoms with Crippen LogP contribution in [0.5, 0.6) is 11.5 Å². The number of methoxy groups -OCH3 is 2. The lowest BCUT2D eigenvalue weighted by molar-refractivity contribution is 0.355. The summed E-state index contributed by atoms with van der Waals surface area (Å²) in [5.41, 5.74) is 5.03. The summed E-state index contributed by atoms with van der Waals surface area (Å²) in [6, 6.07) is 7.17. The van der Waals surface area contributed by atoms with Gasteiger partial charge in [0, 0.05) is 29.1 Å². The van der Waals surface area contributed by atoms with Crippen molar-refractivity contribution in [2.45, 2.75) is 27.2 Å². The van der Waals surface area contributed by atoms with Gasteiger partial charge in [-0.05, 0) is 38.0 Å². The van der Waals surface area contributed by atoms with E-state index in [1.807, 2.05) is 39.0 Å². The van der Waals surface area contributed by atoms with Crippen LogP contribution < -0.4 is 15.0 Å². The zero-order chi connectivity index (χ0) is 21.4. The Hall–Kier alpha value is -3.68. The Morgan fingerprint density at radius 3 is 2.50 bits per heavy atom. The molecule has 4 aromatic rings. The molecule has 0 aliphatic heterocycles. The first-order chi connectivity index (χ1) is 14.5. The smallest absolute Gasteiger partial charge is 0.273 e. The van der Waals surface area contributed by atoms with E-state index in [4.69, 9.17) is 14.5 Å². The van der Waals surface area contributed by atoms with Crippen molar-refractivity contribution < 1.29 is 9.47 Å². The molecule has 0 saturated heterocycles. The van der Waals surface area contributed by atoms with Gasteiger partial charge in [-0.2, -0.15) is 0 Å². The van der Waals surface area contributed by atoms with Crippen LogP contribution in [0.1, 0.15) is 24.1 Å². The summed E-state index contributed by atoms with van der Waals surface area (Å²) in [6.07, 6.45) is 2.41. The minimum absolute atomic E-state index is 0.198. The normalized spacial score (nSPS) is 11.1. The van der Waals surface area contributed by atoms with Gasteiger partial charge in [-0.15, -0.1) is 0 Å². The summed E-state index contributed by atoms with van der Waals surface area (Å²) in [6.45, 7) is 5.74. The van der Waals surface area contributed by atoms with Crippen LogP contribution in [-0.4, -0.2) is 38.8 Å². The lowest BCUT2D eigenvalue weighted by Gasteiger charge is -2.10. The van der Waals surface area contributed by atoms with Gasteiger partial charge in [-0.25, -0.2) is 19.5 Å².